The van der Waals surface area contributed by atoms with Gasteiger partial charge in [0.15, 0.2) is 0 Å². The van der Waals surface area contributed by atoms with Crippen LogP contribution in [0.15, 0.2) is 42.7 Å². The van der Waals surface area contributed by atoms with Crippen molar-refractivity contribution in [2.75, 3.05) is 5.32 Å². The number of benzene rings is 1. The molecule has 5 nitrogen and oxygen atoms in total. The van der Waals surface area contributed by atoms with Crippen molar-refractivity contribution < 1.29 is 9.59 Å². The molecule has 0 radical (unpaired) electrons. The third-order valence-electron chi connectivity index (χ3n) is 3.31. The maximum absolute atomic E-state index is 12.2. The molecular weight excluding hydrogens is 326 g/mol. The first-order valence-corrected chi connectivity index (χ1v) is 8.12. The van der Waals surface area contributed by atoms with Gasteiger partial charge in [-0.15, -0.1) is 0 Å². The van der Waals surface area contributed by atoms with E-state index in [0.717, 1.165) is 5.56 Å². The average molecular weight is 346 g/mol. The highest BCUT2D eigenvalue weighted by Crippen LogP contribution is 2.21. The van der Waals surface area contributed by atoms with E-state index in [1.807, 2.05) is 26.0 Å². The van der Waals surface area contributed by atoms with Crippen molar-refractivity contribution in [1.29, 1.82) is 0 Å². The number of hydrogen-bond acceptors (Lipinski definition) is 3. The van der Waals surface area contributed by atoms with Gasteiger partial charge in [0.1, 0.15) is 0 Å². The molecule has 6 heteroatoms. The van der Waals surface area contributed by atoms with Gasteiger partial charge in [-0.25, -0.2) is 0 Å². The fourth-order valence-electron chi connectivity index (χ4n) is 2.18. The Morgan fingerprint density at radius 2 is 1.88 bits per heavy atom. The molecular formula is C18H20ClN3O2. The smallest absolute Gasteiger partial charge is 0.253 e. The summed E-state index contributed by atoms with van der Waals surface area (Å²) < 4.78 is 0. The Hall–Kier alpha value is -2.40. The standard InChI is InChI=1S/C18H20ClN3O2/c1-12(2)21-18(24)15-5-4-14(19)11-16(15)22-17(23)6-3-13-7-9-20-10-8-13/h4-5,7-12H,3,6H2,1-2H3,(H,21,24)(H,22,23). The highest BCUT2D eigenvalue weighted by atomic mass is 35.5. The Balaban J connectivity index is 2.06. The Bertz CT molecular complexity index is 717. The molecule has 24 heavy (non-hydrogen) atoms. The van der Waals surface area contributed by atoms with Crippen LogP contribution >= 0.6 is 11.6 Å². The van der Waals surface area contributed by atoms with Gasteiger partial charge in [-0.05, 0) is 56.2 Å². The number of pyridine rings is 1. The molecule has 0 atom stereocenters. The summed E-state index contributed by atoms with van der Waals surface area (Å²) in [6.45, 7) is 3.75. The van der Waals surface area contributed by atoms with Crippen LogP contribution in [0, 0.1) is 0 Å². The number of aromatic nitrogens is 1. The summed E-state index contributed by atoms with van der Waals surface area (Å²) in [5.74, 6) is -0.418. The molecule has 1 aromatic carbocycles. The maximum atomic E-state index is 12.2. The lowest BCUT2D eigenvalue weighted by atomic mass is 10.1. The lowest BCUT2D eigenvalue weighted by molar-refractivity contribution is -0.116. The van der Waals surface area contributed by atoms with E-state index in [0.29, 0.717) is 29.1 Å². The number of aryl methyl sites for hydroxylation is 1. The van der Waals surface area contributed by atoms with E-state index in [1.165, 1.54) is 0 Å². The van der Waals surface area contributed by atoms with Crippen LogP contribution in [0.3, 0.4) is 0 Å². The average Bonchev–Trinajstić information content (AvgIpc) is 2.53. The molecule has 0 saturated heterocycles. The summed E-state index contributed by atoms with van der Waals surface area (Å²) >= 11 is 5.99. The van der Waals surface area contributed by atoms with Crippen LogP contribution < -0.4 is 10.6 Å². The molecule has 0 spiro atoms. The first-order chi connectivity index (χ1) is 11.5. The first-order valence-electron chi connectivity index (χ1n) is 7.75. The van der Waals surface area contributed by atoms with Crippen molar-refractivity contribution in [1.82, 2.24) is 10.3 Å². The van der Waals surface area contributed by atoms with Crippen LogP contribution in [0.2, 0.25) is 5.02 Å². The third-order valence-corrected chi connectivity index (χ3v) is 3.55. The van der Waals surface area contributed by atoms with E-state index < -0.39 is 0 Å². The Labute approximate surface area is 146 Å². The van der Waals surface area contributed by atoms with Gasteiger partial charge in [0.05, 0.1) is 11.3 Å². The first kappa shape index (κ1) is 17.9. The Kier molecular flexibility index (Phi) is 6.32. The summed E-state index contributed by atoms with van der Waals surface area (Å²) in [5, 5.41) is 6.04. The van der Waals surface area contributed by atoms with E-state index in [9.17, 15) is 9.59 Å². The predicted octanol–water partition coefficient (Wildman–Crippen LogP) is 3.44. The molecule has 2 aromatic rings. The van der Waals surface area contributed by atoms with Crippen molar-refractivity contribution in [3.63, 3.8) is 0 Å². The quantitative estimate of drug-likeness (QED) is 0.842. The molecule has 0 unspecified atom stereocenters. The highest BCUT2D eigenvalue weighted by Gasteiger charge is 2.15. The fourth-order valence-corrected chi connectivity index (χ4v) is 2.35. The lowest BCUT2D eigenvalue weighted by Crippen LogP contribution is -2.31. The summed E-state index contributed by atoms with van der Waals surface area (Å²) in [6, 6.07) is 8.56. The van der Waals surface area contributed by atoms with Crippen LogP contribution in [0.4, 0.5) is 5.69 Å². The van der Waals surface area contributed by atoms with Gasteiger partial charge >= 0.3 is 0 Å². The molecule has 0 saturated carbocycles. The maximum Gasteiger partial charge on any atom is 0.253 e. The van der Waals surface area contributed by atoms with Crippen LogP contribution in [0.1, 0.15) is 36.2 Å². The molecule has 2 rings (SSSR count). The lowest BCUT2D eigenvalue weighted by Gasteiger charge is -2.13. The molecule has 0 aliphatic rings. The number of carbonyl (C=O) groups is 2. The minimum absolute atomic E-state index is 0.00317. The molecule has 1 heterocycles. The number of hydrogen-bond donors (Lipinski definition) is 2. The summed E-state index contributed by atoms with van der Waals surface area (Å²) in [7, 11) is 0. The van der Waals surface area contributed by atoms with Crippen LogP contribution in [-0.2, 0) is 11.2 Å². The molecule has 0 bridgehead atoms. The van der Waals surface area contributed by atoms with Gasteiger partial charge in [-0.2, -0.15) is 0 Å². The largest absolute Gasteiger partial charge is 0.350 e. The Morgan fingerprint density at radius 3 is 2.54 bits per heavy atom. The minimum Gasteiger partial charge on any atom is -0.350 e. The number of nitrogens with zero attached hydrogens (tertiary/aromatic N) is 1. The summed E-state index contributed by atoms with van der Waals surface area (Å²) in [6.07, 6.45) is 4.29. The van der Waals surface area contributed by atoms with E-state index in [2.05, 4.69) is 15.6 Å². The molecule has 126 valence electrons. The van der Waals surface area contributed by atoms with Gasteiger partial charge in [-0.1, -0.05) is 11.6 Å². The van der Waals surface area contributed by atoms with Gasteiger partial charge in [-0.3, -0.25) is 14.6 Å². The van der Waals surface area contributed by atoms with Crippen molar-refractivity contribution in [2.24, 2.45) is 0 Å². The van der Waals surface area contributed by atoms with Crippen molar-refractivity contribution in [3.8, 4) is 0 Å². The number of nitrogens with one attached hydrogen (secondary N) is 2. The molecule has 0 fully saturated rings. The van der Waals surface area contributed by atoms with Crippen molar-refractivity contribution in [3.05, 3.63) is 58.9 Å². The SMILES string of the molecule is CC(C)NC(=O)c1ccc(Cl)cc1NC(=O)CCc1ccncc1. The van der Waals surface area contributed by atoms with Crippen molar-refractivity contribution in [2.45, 2.75) is 32.7 Å². The number of halogens is 1. The van der Waals surface area contributed by atoms with E-state index >= 15 is 0 Å². The molecule has 2 amide bonds. The zero-order chi connectivity index (χ0) is 17.5. The second-order valence-electron chi connectivity index (χ2n) is 5.72. The van der Waals surface area contributed by atoms with E-state index in [4.69, 9.17) is 11.6 Å². The summed E-state index contributed by atoms with van der Waals surface area (Å²) in [5.41, 5.74) is 1.84. The number of anilines is 1. The van der Waals surface area contributed by atoms with E-state index in [-0.39, 0.29) is 17.9 Å². The van der Waals surface area contributed by atoms with Crippen LogP contribution in [-0.4, -0.2) is 22.8 Å². The monoisotopic (exact) mass is 345 g/mol. The normalized spacial score (nSPS) is 10.5. The van der Waals surface area contributed by atoms with E-state index in [1.54, 1.807) is 30.6 Å². The van der Waals surface area contributed by atoms with Crippen LogP contribution in [0.25, 0.3) is 0 Å². The second kappa shape index (κ2) is 8.45. The zero-order valence-electron chi connectivity index (χ0n) is 13.7. The second-order valence-corrected chi connectivity index (χ2v) is 6.16. The Morgan fingerprint density at radius 1 is 1.17 bits per heavy atom. The molecule has 1 aromatic heterocycles. The number of rotatable bonds is 6. The highest BCUT2D eigenvalue weighted by molar-refractivity contribution is 6.31. The van der Waals surface area contributed by atoms with Gasteiger partial charge in [0, 0.05) is 29.9 Å². The molecule has 2 N–H and O–H groups in total. The topological polar surface area (TPSA) is 71.1 Å². The van der Waals surface area contributed by atoms with Gasteiger partial charge in [0.25, 0.3) is 5.91 Å². The number of carbonyl (C=O) groups excluding carboxylic acids is 2. The minimum atomic E-state index is -0.244. The third kappa shape index (κ3) is 5.35. The molecule has 0 aliphatic carbocycles. The zero-order valence-corrected chi connectivity index (χ0v) is 14.4. The summed E-state index contributed by atoms with van der Waals surface area (Å²) in [4.78, 5) is 28.4. The number of amides is 2. The van der Waals surface area contributed by atoms with Crippen LogP contribution in [0.5, 0.6) is 0 Å². The predicted molar refractivity (Wildman–Crippen MR) is 95.2 cm³/mol. The fraction of sp³-hybridized carbons (Fsp3) is 0.278. The molecule has 0 aliphatic heterocycles. The van der Waals surface area contributed by atoms with Crippen molar-refractivity contribution >= 4 is 29.1 Å². The van der Waals surface area contributed by atoms with Gasteiger partial charge in [0.2, 0.25) is 5.91 Å². The van der Waals surface area contributed by atoms with Gasteiger partial charge < -0.3 is 10.6 Å².